The van der Waals surface area contributed by atoms with E-state index in [1.807, 2.05) is 0 Å². The van der Waals surface area contributed by atoms with Gasteiger partial charge in [-0.05, 0) is 37.6 Å². The molecule has 4 nitrogen and oxygen atoms in total. The Bertz CT molecular complexity index is 380. The topological polar surface area (TPSA) is 58.4 Å². The van der Waals surface area contributed by atoms with Gasteiger partial charge in [0.25, 0.3) is 0 Å². The molecular weight excluding hydrogens is 246 g/mol. The maximum atomic E-state index is 11.7. The smallest absolute Gasteiger partial charge is 0.224 e. The minimum absolute atomic E-state index is 0.222. The van der Waals surface area contributed by atoms with Crippen LogP contribution in [-0.4, -0.2) is 41.5 Å². The van der Waals surface area contributed by atoms with Gasteiger partial charge < -0.3 is 11.1 Å². The van der Waals surface area contributed by atoms with Crippen LogP contribution in [0.1, 0.15) is 32.1 Å². The molecule has 1 amide bonds. The maximum absolute atomic E-state index is 11.7. The lowest BCUT2D eigenvalue weighted by atomic mass is 9.89. The Balaban J connectivity index is 1.66. The van der Waals surface area contributed by atoms with E-state index in [2.05, 4.69) is 10.2 Å². The van der Waals surface area contributed by atoms with Crippen molar-refractivity contribution in [1.82, 2.24) is 10.2 Å². The minimum Gasteiger partial charge on any atom is -0.393 e. The van der Waals surface area contributed by atoms with Crippen LogP contribution in [0.3, 0.4) is 0 Å². The molecule has 5 heteroatoms. The quantitative estimate of drug-likeness (QED) is 0.735. The largest absolute Gasteiger partial charge is 0.393 e. The van der Waals surface area contributed by atoms with Crippen LogP contribution < -0.4 is 11.1 Å². The summed E-state index contributed by atoms with van der Waals surface area (Å²) in [6.07, 6.45) is 5.53. The second-order valence-corrected chi connectivity index (χ2v) is 6.70. The summed E-state index contributed by atoms with van der Waals surface area (Å²) < 4.78 is 0. The predicted octanol–water partition coefficient (Wildman–Crippen LogP) is 0.653. The van der Waals surface area contributed by atoms with Crippen LogP contribution in [0.5, 0.6) is 0 Å². The molecule has 3 rings (SSSR count). The summed E-state index contributed by atoms with van der Waals surface area (Å²) in [6.45, 7) is 3.02. The Kier molecular flexibility index (Phi) is 3.06. The number of carbonyl (C=O) groups excluding carboxylic acids is 1. The molecule has 0 aromatic heterocycles. The Morgan fingerprint density at radius 2 is 2.33 bits per heavy atom. The Morgan fingerprint density at radius 1 is 1.56 bits per heavy atom. The molecule has 18 heavy (non-hydrogen) atoms. The molecule has 3 aliphatic rings. The molecule has 0 bridgehead atoms. The third-order valence-electron chi connectivity index (χ3n) is 4.76. The van der Waals surface area contributed by atoms with Gasteiger partial charge >= 0.3 is 0 Å². The second-order valence-electron chi connectivity index (χ2n) is 6.17. The van der Waals surface area contributed by atoms with E-state index in [1.54, 1.807) is 0 Å². The number of nitrogens with zero attached hydrogens (tertiary/aromatic N) is 1. The van der Waals surface area contributed by atoms with Gasteiger partial charge in [-0.1, -0.05) is 12.2 Å². The normalized spacial score (nSPS) is 33.9. The summed E-state index contributed by atoms with van der Waals surface area (Å²) in [5.74, 6) is 0.475. The highest BCUT2D eigenvalue weighted by molar-refractivity contribution is 7.80. The molecule has 100 valence electrons. The predicted molar refractivity (Wildman–Crippen MR) is 74.2 cm³/mol. The number of hydrogen-bond acceptors (Lipinski definition) is 3. The van der Waals surface area contributed by atoms with Crippen molar-refractivity contribution < 1.29 is 4.79 Å². The Morgan fingerprint density at radius 3 is 3.00 bits per heavy atom. The van der Waals surface area contributed by atoms with Crippen molar-refractivity contribution in [3.63, 3.8) is 0 Å². The van der Waals surface area contributed by atoms with E-state index in [9.17, 15) is 4.79 Å². The van der Waals surface area contributed by atoms with Gasteiger partial charge in [0.05, 0.1) is 10.9 Å². The summed E-state index contributed by atoms with van der Waals surface area (Å²) in [5.41, 5.74) is 6.03. The molecule has 2 atom stereocenters. The number of likely N-dealkylation sites (tertiary alicyclic amines) is 1. The lowest BCUT2D eigenvalue weighted by Gasteiger charge is -2.38. The first-order valence-corrected chi connectivity index (χ1v) is 7.31. The van der Waals surface area contributed by atoms with Gasteiger partial charge in [0.2, 0.25) is 5.91 Å². The summed E-state index contributed by atoms with van der Waals surface area (Å²) in [6, 6.07) is 0.412. The number of thiocarbonyl (C=S) groups is 1. The molecule has 2 unspecified atom stereocenters. The van der Waals surface area contributed by atoms with Crippen molar-refractivity contribution >= 4 is 23.1 Å². The highest BCUT2D eigenvalue weighted by atomic mass is 32.1. The highest BCUT2D eigenvalue weighted by Crippen LogP contribution is 2.50. The minimum atomic E-state index is 0.222. The van der Waals surface area contributed by atoms with Gasteiger partial charge in [-0.3, -0.25) is 9.69 Å². The van der Waals surface area contributed by atoms with E-state index in [-0.39, 0.29) is 11.8 Å². The third-order valence-corrected chi connectivity index (χ3v) is 4.91. The maximum Gasteiger partial charge on any atom is 0.224 e. The lowest BCUT2D eigenvalue weighted by molar-refractivity contribution is -0.124. The number of piperidine rings is 1. The van der Waals surface area contributed by atoms with E-state index in [4.69, 9.17) is 18.0 Å². The van der Waals surface area contributed by atoms with Crippen LogP contribution in [0.2, 0.25) is 0 Å². The van der Waals surface area contributed by atoms with Crippen molar-refractivity contribution in [3.8, 4) is 0 Å². The monoisotopic (exact) mass is 267 g/mol. The molecule has 0 spiro atoms. The van der Waals surface area contributed by atoms with Crippen LogP contribution >= 0.6 is 12.2 Å². The van der Waals surface area contributed by atoms with Crippen molar-refractivity contribution in [2.45, 2.75) is 38.1 Å². The van der Waals surface area contributed by atoms with Gasteiger partial charge in [0, 0.05) is 25.6 Å². The van der Waals surface area contributed by atoms with Crippen LogP contribution in [-0.2, 0) is 4.79 Å². The third kappa shape index (κ3) is 2.26. The van der Waals surface area contributed by atoms with Crippen molar-refractivity contribution in [2.24, 2.45) is 17.1 Å². The van der Waals surface area contributed by atoms with E-state index in [0.29, 0.717) is 16.4 Å². The summed E-state index contributed by atoms with van der Waals surface area (Å²) >= 11 is 5.06. The Labute approximate surface area is 113 Å². The van der Waals surface area contributed by atoms with Gasteiger partial charge in [-0.25, -0.2) is 0 Å². The van der Waals surface area contributed by atoms with Crippen LogP contribution in [0.25, 0.3) is 0 Å². The van der Waals surface area contributed by atoms with Crippen LogP contribution in [0.15, 0.2) is 0 Å². The first-order valence-electron chi connectivity index (χ1n) is 6.90. The fourth-order valence-corrected chi connectivity index (χ4v) is 3.91. The van der Waals surface area contributed by atoms with E-state index >= 15 is 0 Å². The number of amides is 1. The number of nitrogens with two attached hydrogens (primary N) is 1. The molecule has 2 saturated heterocycles. The van der Waals surface area contributed by atoms with Gasteiger partial charge in [0.1, 0.15) is 0 Å². The van der Waals surface area contributed by atoms with E-state index < -0.39 is 0 Å². The molecular formula is C13H21N3OS. The highest BCUT2D eigenvalue weighted by Gasteiger charge is 2.48. The van der Waals surface area contributed by atoms with Gasteiger partial charge in [-0.15, -0.1) is 0 Å². The van der Waals surface area contributed by atoms with Crippen LogP contribution in [0, 0.1) is 11.3 Å². The molecule has 0 radical (unpaired) electrons. The fraction of sp³-hybridized carbons (Fsp3) is 0.846. The van der Waals surface area contributed by atoms with E-state index in [0.717, 1.165) is 38.9 Å². The number of rotatable bonds is 4. The lowest BCUT2D eigenvalue weighted by Crippen LogP contribution is -2.48. The Hall–Kier alpha value is -0.680. The zero-order valence-corrected chi connectivity index (χ0v) is 11.5. The summed E-state index contributed by atoms with van der Waals surface area (Å²) in [4.78, 5) is 14.9. The number of fused-ring (bicyclic) bond motifs is 1. The molecule has 1 aliphatic carbocycles. The van der Waals surface area contributed by atoms with Crippen LogP contribution in [0.4, 0.5) is 0 Å². The zero-order chi connectivity index (χ0) is 12.8. The summed E-state index contributed by atoms with van der Waals surface area (Å²) in [5, 5.41) is 3.01. The fourth-order valence-electron chi connectivity index (χ4n) is 3.60. The summed E-state index contributed by atoms with van der Waals surface area (Å²) in [7, 11) is 0. The molecule has 2 heterocycles. The molecule has 0 aromatic rings. The number of carbonyl (C=O) groups is 1. The SMILES string of the molecule is NC(=S)CC1(CN2CCCC3C(=O)NCC32)CC1. The average molecular weight is 267 g/mol. The second kappa shape index (κ2) is 4.46. The zero-order valence-electron chi connectivity index (χ0n) is 10.7. The molecule has 3 N–H and O–H groups in total. The first-order chi connectivity index (χ1) is 8.60. The van der Waals surface area contributed by atoms with Crippen molar-refractivity contribution in [1.29, 1.82) is 0 Å². The standard InChI is InChI=1S/C13H21N3OS/c14-11(18)6-13(3-4-13)8-16-5-1-2-9-10(16)7-15-12(9)17/h9-10H,1-8H2,(H2,14,18)(H,15,17). The van der Waals surface area contributed by atoms with Gasteiger partial charge in [0.15, 0.2) is 0 Å². The van der Waals surface area contributed by atoms with Gasteiger partial charge in [-0.2, -0.15) is 0 Å². The molecule has 2 aliphatic heterocycles. The number of nitrogens with one attached hydrogen (secondary N) is 1. The number of hydrogen-bond donors (Lipinski definition) is 2. The van der Waals surface area contributed by atoms with Crippen molar-refractivity contribution in [3.05, 3.63) is 0 Å². The molecule has 3 fully saturated rings. The molecule has 0 aromatic carbocycles. The van der Waals surface area contributed by atoms with Crippen molar-refractivity contribution in [2.75, 3.05) is 19.6 Å². The average Bonchev–Trinajstić information content (AvgIpc) is 2.94. The first kappa shape index (κ1) is 12.4. The molecule has 1 saturated carbocycles. The van der Waals surface area contributed by atoms with E-state index in [1.165, 1.54) is 12.8 Å².